The summed E-state index contributed by atoms with van der Waals surface area (Å²) in [6.45, 7) is 4.45. The molecule has 1 N–H and O–H groups in total. The van der Waals surface area contributed by atoms with Crippen LogP contribution in [0.4, 0.5) is 0 Å². The third-order valence-electron chi connectivity index (χ3n) is 4.57. The molecule has 0 aliphatic carbocycles. The molecular formula is C22H23N3OS2. The first kappa shape index (κ1) is 18.9. The molecule has 0 bridgehead atoms. The fourth-order valence-electron chi connectivity index (χ4n) is 3.33. The van der Waals surface area contributed by atoms with Crippen LogP contribution in [0.2, 0.25) is 0 Å². The number of imidazole rings is 1. The van der Waals surface area contributed by atoms with Crippen LogP contribution in [0, 0.1) is 5.92 Å². The summed E-state index contributed by atoms with van der Waals surface area (Å²) < 4.78 is 1.96. The van der Waals surface area contributed by atoms with Crippen LogP contribution in [0.3, 0.4) is 0 Å². The van der Waals surface area contributed by atoms with E-state index in [0.29, 0.717) is 5.92 Å². The SMILES string of the molecule is CC(C)Cc1ccc(C(NC(=O)Cc2cn3ccsc3n2)c2cccs2)cc1. The fraction of sp³-hybridized carbons (Fsp3) is 0.273. The molecule has 4 rings (SSSR count). The zero-order chi connectivity index (χ0) is 19.5. The van der Waals surface area contributed by atoms with Crippen molar-refractivity contribution in [1.29, 1.82) is 0 Å². The number of carbonyl (C=O) groups excluding carboxylic acids is 1. The van der Waals surface area contributed by atoms with E-state index < -0.39 is 0 Å². The van der Waals surface area contributed by atoms with Gasteiger partial charge in [0.15, 0.2) is 4.96 Å². The number of rotatable bonds is 7. The van der Waals surface area contributed by atoms with E-state index >= 15 is 0 Å². The number of aromatic nitrogens is 2. The summed E-state index contributed by atoms with van der Waals surface area (Å²) >= 11 is 3.23. The van der Waals surface area contributed by atoms with E-state index in [1.165, 1.54) is 5.56 Å². The fourth-order valence-corrected chi connectivity index (χ4v) is 4.85. The molecule has 0 aliphatic heterocycles. The first-order valence-electron chi connectivity index (χ1n) is 9.41. The number of fused-ring (bicyclic) bond motifs is 1. The second-order valence-electron chi connectivity index (χ2n) is 7.36. The molecule has 6 heteroatoms. The number of hydrogen-bond acceptors (Lipinski definition) is 4. The summed E-state index contributed by atoms with van der Waals surface area (Å²) in [4.78, 5) is 19.3. The normalized spacial score (nSPS) is 12.5. The number of carbonyl (C=O) groups is 1. The van der Waals surface area contributed by atoms with Crippen LogP contribution in [0.1, 0.15) is 41.6 Å². The Bertz CT molecular complexity index is 1020. The van der Waals surface area contributed by atoms with Gasteiger partial charge < -0.3 is 5.32 Å². The maximum atomic E-state index is 12.8. The summed E-state index contributed by atoms with van der Waals surface area (Å²) in [6, 6.07) is 12.6. The molecule has 1 unspecified atom stereocenters. The average Bonchev–Trinajstić information content (AvgIpc) is 3.37. The van der Waals surface area contributed by atoms with Gasteiger partial charge in [0.25, 0.3) is 0 Å². The number of benzene rings is 1. The number of thiophene rings is 1. The average molecular weight is 410 g/mol. The van der Waals surface area contributed by atoms with E-state index in [9.17, 15) is 4.79 Å². The van der Waals surface area contributed by atoms with Crippen LogP contribution in [0.25, 0.3) is 4.96 Å². The minimum absolute atomic E-state index is 0.0181. The molecule has 0 spiro atoms. The molecular weight excluding hydrogens is 386 g/mol. The summed E-state index contributed by atoms with van der Waals surface area (Å²) in [5.41, 5.74) is 3.23. The Kier molecular flexibility index (Phi) is 5.59. The first-order valence-corrected chi connectivity index (χ1v) is 11.2. The van der Waals surface area contributed by atoms with Crippen molar-refractivity contribution in [3.63, 3.8) is 0 Å². The van der Waals surface area contributed by atoms with Gasteiger partial charge >= 0.3 is 0 Å². The molecule has 1 aromatic carbocycles. The molecule has 3 aromatic heterocycles. The lowest BCUT2D eigenvalue weighted by molar-refractivity contribution is -0.121. The van der Waals surface area contributed by atoms with Crippen molar-refractivity contribution in [3.05, 3.63) is 81.2 Å². The minimum atomic E-state index is -0.135. The zero-order valence-corrected chi connectivity index (χ0v) is 17.6. The Hall–Kier alpha value is -2.44. The lowest BCUT2D eigenvalue weighted by Crippen LogP contribution is -2.30. The lowest BCUT2D eigenvalue weighted by atomic mass is 9.98. The van der Waals surface area contributed by atoms with E-state index in [4.69, 9.17) is 0 Å². The van der Waals surface area contributed by atoms with Crippen molar-refractivity contribution in [2.75, 3.05) is 0 Å². The Morgan fingerprint density at radius 3 is 2.64 bits per heavy atom. The molecule has 0 saturated carbocycles. The van der Waals surface area contributed by atoms with Crippen LogP contribution in [-0.2, 0) is 17.6 Å². The highest BCUT2D eigenvalue weighted by Gasteiger charge is 2.19. The molecule has 0 saturated heterocycles. The van der Waals surface area contributed by atoms with Gasteiger partial charge in [-0.05, 0) is 34.9 Å². The molecule has 1 amide bonds. The summed E-state index contributed by atoms with van der Waals surface area (Å²) in [5, 5.41) is 7.24. The van der Waals surface area contributed by atoms with Gasteiger partial charge in [-0.2, -0.15) is 0 Å². The second-order valence-corrected chi connectivity index (χ2v) is 9.21. The van der Waals surface area contributed by atoms with Crippen LogP contribution >= 0.6 is 22.7 Å². The number of amides is 1. The van der Waals surface area contributed by atoms with Gasteiger partial charge in [-0.25, -0.2) is 4.98 Å². The predicted octanol–water partition coefficient (Wildman–Crippen LogP) is 5.10. The Balaban J connectivity index is 1.51. The summed E-state index contributed by atoms with van der Waals surface area (Å²) in [5.74, 6) is 0.610. The quantitative estimate of drug-likeness (QED) is 0.461. The van der Waals surface area contributed by atoms with Crippen molar-refractivity contribution >= 4 is 33.5 Å². The summed E-state index contributed by atoms with van der Waals surface area (Å²) in [6.07, 6.45) is 5.23. The Morgan fingerprint density at radius 1 is 1.14 bits per heavy atom. The lowest BCUT2D eigenvalue weighted by Gasteiger charge is -2.18. The largest absolute Gasteiger partial charge is 0.344 e. The van der Waals surface area contributed by atoms with Crippen LogP contribution in [0.15, 0.2) is 59.6 Å². The second kappa shape index (κ2) is 8.29. The molecule has 4 aromatic rings. The van der Waals surface area contributed by atoms with Gasteiger partial charge in [-0.15, -0.1) is 22.7 Å². The summed E-state index contributed by atoms with van der Waals surface area (Å²) in [7, 11) is 0. The number of hydrogen-bond donors (Lipinski definition) is 1. The molecule has 3 heterocycles. The Morgan fingerprint density at radius 2 is 1.96 bits per heavy atom. The van der Waals surface area contributed by atoms with Crippen LogP contribution < -0.4 is 5.32 Å². The maximum absolute atomic E-state index is 12.8. The molecule has 0 radical (unpaired) electrons. The topological polar surface area (TPSA) is 46.4 Å². The van der Waals surface area contributed by atoms with Gasteiger partial charge in [0.2, 0.25) is 5.91 Å². The van der Waals surface area contributed by atoms with Crippen molar-refractivity contribution in [2.24, 2.45) is 5.92 Å². The van der Waals surface area contributed by atoms with E-state index in [0.717, 1.165) is 27.5 Å². The number of thiazole rings is 1. The smallest absolute Gasteiger partial charge is 0.226 e. The first-order chi connectivity index (χ1) is 13.6. The van der Waals surface area contributed by atoms with Crippen molar-refractivity contribution in [2.45, 2.75) is 32.7 Å². The Labute approximate surface area is 172 Å². The maximum Gasteiger partial charge on any atom is 0.226 e. The van der Waals surface area contributed by atoms with E-state index in [-0.39, 0.29) is 18.4 Å². The van der Waals surface area contributed by atoms with E-state index in [2.05, 4.69) is 54.5 Å². The van der Waals surface area contributed by atoms with E-state index in [1.54, 1.807) is 22.7 Å². The molecule has 0 aliphatic rings. The van der Waals surface area contributed by atoms with Crippen molar-refractivity contribution < 1.29 is 4.79 Å². The molecule has 0 fully saturated rings. The predicted molar refractivity (Wildman–Crippen MR) is 116 cm³/mol. The van der Waals surface area contributed by atoms with Gasteiger partial charge in [0.05, 0.1) is 18.2 Å². The van der Waals surface area contributed by atoms with E-state index in [1.807, 2.05) is 33.6 Å². The van der Waals surface area contributed by atoms with Gasteiger partial charge in [0.1, 0.15) is 0 Å². The molecule has 144 valence electrons. The minimum Gasteiger partial charge on any atom is -0.344 e. The van der Waals surface area contributed by atoms with Crippen molar-refractivity contribution in [1.82, 2.24) is 14.7 Å². The van der Waals surface area contributed by atoms with Crippen molar-refractivity contribution in [3.8, 4) is 0 Å². The third kappa shape index (κ3) is 4.34. The standard InChI is InChI=1S/C22H23N3OS2/c1-15(2)12-16-5-7-17(8-6-16)21(19-4-3-10-27-19)24-20(26)13-18-14-25-9-11-28-22(25)23-18/h3-11,14-15,21H,12-13H2,1-2H3,(H,24,26). The molecule has 4 nitrogen and oxygen atoms in total. The van der Waals surface area contributed by atoms with Gasteiger partial charge in [0, 0.05) is 22.7 Å². The number of nitrogens with zero attached hydrogens (tertiary/aromatic N) is 2. The van der Waals surface area contributed by atoms with Crippen LogP contribution in [-0.4, -0.2) is 15.3 Å². The molecule has 28 heavy (non-hydrogen) atoms. The van der Waals surface area contributed by atoms with Gasteiger partial charge in [-0.1, -0.05) is 44.2 Å². The van der Waals surface area contributed by atoms with Gasteiger partial charge in [-0.3, -0.25) is 9.20 Å². The molecule has 1 atom stereocenters. The highest BCUT2D eigenvalue weighted by atomic mass is 32.1. The van der Waals surface area contributed by atoms with Crippen LogP contribution in [0.5, 0.6) is 0 Å². The highest BCUT2D eigenvalue weighted by molar-refractivity contribution is 7.15. The third-order valence-corrected chi connectivity index (χ3v) is 6.28. The zero-order valence-electron chi connectivity index (χ0n) is 16.0. The highest BCUT2D eigenvalue weighted by Crippen LogP contribution is 2.27. The number of nitrogens with one attached hydrogen (secondary N) is 1. The monoisotopic (exact) mass is 409 g/mol.